The number of ether oxygens (including phenoxy) is 1. The number of nitrogens with zero attached hydrogens (tertiary/aromatic N) is 2. The van der Waals surface area contributed by atoms with Crippen molar-refractivity contribution in [1.82, 2.24) is 4.90 Å². The monoisotopic (exact) mass is 278 g/mol. The third-order valence-corrected chi connectivity index (χ3v) is 3.78. The number of para-hydroxylation sites is 1. The summed E-state index contributed by atoms with van der Waals surface area (Å²) in [6.07, 6.45) is 0.561. The number of morpholine rings is 1. The second kappa shape index (κ2) is 7.62. The summed E-state index contributed by atoms with van der Waals surface area (Å²) in [4.78, 5) is 4.58. The molecule has 1 heterocycles. The molecule has 1 unspecified atom stereocenters. The highest BCUT2D eigenvalue weighted by Gasteiger charge is 2.15. The summed E-state index contributed by atoms with van der Waals surface area (Å²) in [7, 11) is 2.06. The Hall–Kier alpha value is -1.10. The van der Waals surface area contributed by atoms with E-state index in [0.29, 0.717) is 6.54 Å². The average Bonchev–Trinajstić information content (AvgIpc) is 2.48. The van der Waals surface area contributed by atoms with Crippen molar-refractivity contribution in [3.8, 4) is 0 Å². The van der Waals surface area contributed by atoms with Gasteiger partial charge in [-0.25, -0.2) is 0 Å². The van der Waals surface area contributed by atoms with E-state index in [0.717, 1.165) is 39.3 Å². The minimum absolute atomic E-state index is 0.240. The lowest BCUT2D eigenvalue weighted by atomic mass is 10.1. The van der Waals surface area contributed by atoms with E-state index in [1.807, 2.05) is 6.92 Å². The SMILES string of the molecule is CCC(O)CN(C)Cc1ccccc1N1CCOCC1. The van der Waals surface area contributed by atoms with Crippen molar-refractivity contribution in [2.75, 3.05) is 44.8 Å². The van der Waals surface area contributed by atoms with Crippen LogP contribution in [0.25, 0.3) is 0 Å². The van der Waals surface area contributed by atoms with Crippen LogP contribution in [-0.4, -0.2) is 56.0 Å². The van der Waals surface area contributed by atoms with E-state index in [1.54, 1.807) is 0 Å². The maximum absolute atomic E-state index is 9.76. The maximum atomic E-state index is 9.76. The molecule has 2 rings (SSSR count). The lowest BCUT2D eigenvalue weighted by molar-refractivity contribution is 0.118. The van der Waals surface area contributed by atoms with Crippen LogP contribution in [0, 0.1) is 0 Å². The van der Waals surface area contributed by atoms with Crippen molar-refractivity contribution in [3.63, 3.8) is 0 Å². The Morgan fingerprint density at radius 3 is 2.70 bits per heavy atom. The number of hydrogen-bond donors (Lipinski definition) is 1. The fraction of sp³-hybridized carbons (Fsp3) is 0.625. The quantitative estimate of drug-likeness (QED) is 0.859. The second-order valence-electron chi connectivity index (χ2n) is 5.49. The average molecular weight is 278 g/mol. The van der Waals surface area contributed by atoms with Crippen molar-refractivity contribution in [2.45, 2.75) is 26.0 Å². The molecule has 112 valence electrons. The van der Waals surface area contributed by atoms with Crippen LogP contribution in [-0.2, 0) is 11.3 Å². The summed E-state index contributed by atoms with van der Waals surface area (Å²) in [5.74, 6) is 0. The Kier molecular flexibility index (Phi) is 5.83. The van der Waals surface area contributed by atoms with E-state index < -0.39 is 0 Å². The number of benzene rings is 1. The molecule has 1 N–H and O–H groups in total. The molecule has 1 atom stereocenters. The van der Waals surface area contributed by atoms with E-state index in [9.17, 15) is 5.11 Å². The van der Waals surface area contributed by atoms with Gasteiger partial charge in [0.2, 0.25) is 0 Å². The van der Waals surface area contributed by atoms with Crippen LogP contribution < -0.4 is 4.90 Å². The summed E-state index contributed by atoms with van der Waals surface area (Å²) in [5.41, 5.74) is 2.62. The first-order valence-corrected chi connectivity index (χ1v) is 7.48. The number of hydrogen-bond acceptors (Lipinski definition) is 4. The zero-order chi connectivity index (χ0) is 14.4. The highest BCUT2D eigenvalue weighted by Crippen LogP contribution is 2.22. The van der Waals surface area contributed by atoms with Gasteiger partial charge in [-0.05, 0) is 25.1 Å². The molecule has 1 saturated heterocycles. The first-order valence-electron chi connectivity index (χ1n) is 7.48. The summed E-state index contributed by atoms with van der Waals surface area (Å²) >= 11 is 0. The number of likely N-dealkylation sites (N-methyl/N-ethyl adjacent to an activating group) is 1. The van der Waals surface area contributed by atoms with Crippen LogP contribution in [0.2, 0.25) is 0 Å². The molecule has 4 nitrogen and oxygen atoms in total. The normalized spacial score (nSPS) is 17.5. The van der Waals surface area contributed by atoms with E-state index in [1.165, 1.54) is 11.3 Å². The first kappa shape index (κ1) is 15.3. The molecule has 0 bridgehead atoms. The van der Waals surface area contributed by atoms with E-state index in [4.69, 9.17) is 4.74 Å². The molecule has 1 fully saturated rings. The largest absolute Gasteiger partial charge is 0.392 e. The standard InChI is InChI=1S/C16H26N2O2/c1-3-15(19)13-17(2)12-14-6-4-5-7-16(14)18-8-10-20-11-9-18/h4-7,15,19H,3,8-13H2,1-2H3. The Labute approximate surface area is 122 Å². The smallest absolute Gasteiger partial charge is 0.0664 e. The summed E-state index contributed by atoms with van der Waals surface area (Å²) in [5, 5.41) is 9.76. The van der Waals surface area contributed by atoms with Crippen LogP contribution in [0.1, 0.15) is 18.9 Å². The van der Waals surface area contributed by atoms with Crippen molar-refractivity contribution in [1.29, 1.82) is 0 Å². The van der Waals surface area contributed by atoms with E-state index in [2.05, 4.69) is 41.1 Å². The topological polar surface area (TPSA) is 35.9 Å². The van der Waals surface area contributed by atoms with Gasteiger partial charge < -0.3 is 14.7 Å². The molecule has 0 aliphatic carbocycles. The molecule has 0 saturated carbocycles. The maximum Gasteiger partial charge on any atom is 0.0664 e. The summed E-state index contributed by atoms with van der Waals surface area (Å²) in [6, 6.07) is 8.54. The van der Waals surface area contributed by atoms with Gasteiger partial charge in [0.15, 0.2) is 0 Å². The highest BCUT2D eigenvalue weighted by molar-refractivity contribution is 5.53. The highest BCUT2D eigenvalue weighted by atomic mass is 16.5. The van der Waals surface area contributed by atoms with Gasteiger partial charge >= 0.3 is 0 Å². The Morgan fingerprint density at radius 1 is 1.30 bits per heavy atom. The third-order valence-electron chi connectivity index (χ3n) is 3.78. The number of anilines is 1. The number of aliphatic hydroxyl groups excluding tert-OH is 1. The Bertz CT molecular complexity index is 405. The van der Waals surface area contributed by atoms with Gasteiger partial charge in [-0.2, -0.15) is 0 Å². The van der Waals surface area contributed by atoms with Crippen LogP contribution in [0.3, 0.4) is 0 Å². The Balaban J connectivity index is 2.03. The molecule has 1 aliphatic heterocycles. The van der Waals surface area contributed by atoms with Crippen LogP contribution >= 0.6 is 0 Å². The van der Waals surface area contributed by atoms with Gasteiger partial charge in [-0.15, -0.1) is 0 Å². The van der Waals surface area contributed by atoms with Crippen molar-refractivity contribution >= 4 is 5.69 Å². The molecule has 0 aromatic heterocycles. The first-order chi connectivity index (χ1) is 9.70. The van der Waals surface area contributed by atoms with Gasteiger partial charge in [0.1, 0.15) is 0 Å². The second-order valence-corrected chi connectivity index (χ2v) is 5.49. The molecule has 4 heteroatoms. The van der Waals surface area contributed by atoms with Crippen LogP contribution in [0.4, 0.5) is 5.69 Å². The van der Waals surface area contributed by atoms with Gasteiger partial charge in [0.05, 0.1) is 19.3 Å². The fourth-order valence-electron chi connectivity index (χ4n) is 2.60. The molecule has 20 heavy (non-hydrogen) atoms. The molecule has 0 radical (unpaired) electrons. The van der Waals surface area contributed by atoms with Crippen molar-refractivity contribution in [3.05, 3.63) is 29.8 Å². The number of rotatable bonds is 6. The zero-order valence-electron chi connectivity index (χ0n) is 12.6. The third kappa shape index (κ3) is 4.20. The molecule has 0 amide bonds. The van der Waals surface area contributed by atoms with Crippen molar-refractivity contribution in [2.24, 2.45) is 0 Å². The van der Waals surface area contributed by atoms with Gasteiger partial charge in [-0.1, -0.05) is 25.1 Å². The fourth-order valence-corrected chi connectivity index (χ4v) is 2.60. The molecular formula is C16H26N2O2. The number of aliphatic hydroxyl groups is 1. The molecule has 1 aromatic carbocycles. The lowest BCUT2D eigenvalue weighted by Crippen LogP contribution is -2.37. The van der Waals surface area contributed by atoms with Crippen LogP contribution in [0.15, 0.2) is 24.3 Å². The molecular weight excluding hydrogens is 252 g/mol. The van der Waals surface area contributed by atoms with E-state index in [-0.39, 0.29) is 6.10 Å². The predicted octanol–water partition coefficient (Wildman–Crippen LogP) is 1.73. The van der Waals surface area contributed by atoms with E-state index >= 15 is 0 Å². The molecule has 1 aliphatic rings. The van der Waals surface area contributed by atoms with Gasteiger partial charge in [0, 0.05) is 31.9 Å². The minimum Gasteiger partial charge on any atom is -0.392 e. The zero-order valence-corrected chi connectivity index (χ0v) is 12.6. The van der Waals surface area contributed by atoms with Gasteiger partial charge in [0.25, 0.3) is 0 Å². The van der Waals surface area contributed by atoms with Gasteiger partial charge in [-0.3, -0.25) is 4.90 Å². The van der Waals surface area contributed by atoms with Crippen molar-refractivity contribution < 1.29 is 9.84 Å². The minimum atomic E-state index is -0.240. The summed E-state index contributed by atoms with van der Waals surface area (Å²) in [6.45, 7) is 7.12. The lowest BCUT2D eigenvalue weighted by Gasteiger charge is -2.31. The molecule has 0 spiro atoms. The summed E-state index contributed by atoms with van der Waals surface area (Å²) < 4.78 is 5.42. The Morgan fingerprint density at radius 2 is 2.00 bits per heavy atom. The molecule has 1 aromatic rings. The van der Waals surface area contributed by atoms with Crippen LogP contribution in [0.5, 0.6) is 0 Å². The predicted molar refractivity (Wildman–Crippen MR) is 82.1 cm³/mol.